The maximum Gasteiger partial charge on any atom is 0.303 e. The third-order valence-electron chi connectivity index (χ3n) is 20.3. The minimum Gasteiger partial charge on any atom is -0.463 e. The third-order valence-corrected chi connectivity index (χ3v) is 20.3. The molecule has 35 atom stereocenters. The molecule has 21 aliphatic heterocycles. The van der Waals surface area contributed by atoms with Crippen molar-refractivity contribution >= 4 is 113 Å². The number of carbonyl (C=O) groups is 19. The van der Waals surface area contributed by atoms with Crippen LogP contribution in [0.15, 0.2) is 10.2 Å². The predicted octanol–water partition coefficient (Wildman–Crippen LogP) is -1.75. The summed E-state index contributed by atoms with van der Waals surface area (Å²) < 4.78 is 203. The van der Waals surface area contributed by atoms with Crippen LogP contribution >= 0.6 is 0 Å². The molecule has 0 radical (unpaired) electrons. The van der Waals surface area contributed by atoms with E-state index in [0.29, 0.717) is 0 Å². The minimum atomic E-state index is -2.46. The Balaban J connectivity index is 1.51. The molecule has 58 heteroatoms. The first-order valence-corrected chi connectivity index (χ1v) is 42.2. The molecular weight excluding hydrogens is 1880 g/mol. The van der Waals surface area contributed by atoms with Crippen LogP contribution in [0.1, 0.15) is 132 Å². The quantitative estimate of drug-likeness (QED) is 0.0276. The summed E-state index contributed by atoms with van der Waals surface area (Å²) >= 11 is 0. The zero-order valence-electron chi connectivity index (χ0n) is 77.6. The molecule has 14 bridgehead atoms. The van der Waals surface area contributed by atoms with E-state index in [1.54, 1.807) is 0 Å². The summed E-state index contributed by atoms with van der Waals surface area (Å²) in [4.78, 5) is 266. The number of carbonyl (C=O) groups excluding carboxylic acids is 19. The van der Waals surface area contributed by atoms with Crippen molar-refractivity contribution < 1.29 is 247 Å². The van der Waals surface area contributed by atoms with Crippen molar-refractivity contribution in [2.45, 2.75) is 346 Å². The largest absolute Gasteiger partial charge is 0.463 e. The summed E-state index contributed by atoms with van der Waals surface area (Å²) in [6, 6.07) is 0. The zero-order chi connectivity index (χ0) is 102. The van der Waals surface area contributed by atoms with Crippen LogP contribution in [-0.2, 0) is 247 Å². The van der Waals surface area contributed by atoms with E-state index in [2.05, 4.69) is 20.1 Å². The second-order valence-corrected chi connectivity index (χ2v) is 31.4. The van der Waals surface area contributed by atoms with Gasteiger partial charge in [-0.2, -0.15) is 0 Å². The first-order chi connectivity index (χ1) is 64.9. The Morgan fingerprint density at radius 3 is 0.413 bits per heavy atom. The van der Waals surface area contributed by atoms with Crippen LogP contribution in [0.2, 0.25) is 0 Å². The lowest BCUT2D eigenvalue weighted by Gasteiger charge is -2.52. The standard InChI is InChI=1S/C80H106N6O52/c1-27(87)106-22-48-55-62(113-34(8)94)71(122-43(17)103)78(129-48)136-57-50(24-108-29(3)89)127-76(69(120-41(15)101)64(57)115-36(10)96)132-53-46(20-83-85-81)126-75(68(119-40(14)100)60(53)111-32(6)92)135-56-49(23-107-28(2)88)130-79(72(123-44(18)104)63(56)114-35(9)95)138-59-52(26-110-31(5)91)131-80(73(124-45(19)105)66(59)117-38(12)98)137-58-51(25-109-30(4)90)128-77(70(121-42(16)102)65(58)116-37(11)97)133-54-47(21-84-86-82)125-74(134-55)67(118-39(13)99)61(54)112-33(7)93/h46-80H,20-26H2,1-19H3/t46?,47?,48?,49?,50?,51?,52?,53-,54-,55-,56-,57-,58-,59-,60+,61+,62-,63+,64-,65+,66+,67?,68?,69?,70?,71?,72?,73?,74-,75+,76-,77-,78+,79-,80-/m1/s1. The molecule has 0 N–H and O–H groups in total. The van der Waals surface area contributed by atoms with Crippen molar-refractivity contribution in [3.63, 3.8) is 0 Å². The average molecular weight is 1980 g/mol. The van der Waals surface area contributed by atoms with Gasteiger partial charge in [0.1, 0.15) is 106 Å². The van der Waals surface area contributed by atoms with E-state index in [1.165, 1.54) is 0 Å². The van der Waals surface area contributed by atoms with E-state index in [9.17, 15) is 102 Å². The third kappa shape index (κ3) is 31.2. The van der Waals surface area contributed by atoms with Gasteiger partial charge >= 0.3 is 113 Å². The lowest BCUT2D eigenvalue weighted by molar-refractivity contribution is -0.395. The number of nitrogens with zero attached hydrogens (tertiary/aromatic N) is 6. The molecule has 0 aromatic rings. The maximum atomic E-state index is 13.9. The van der Waals surface area contributed by atoms with E-state index in [0.717, 1.165) is 132 Å². The van der Waals surface area contributed by atoms with E-state index < -0.39 is 374 Å². The first-order valence-electron chi connectivity index (χ1n) is 42.2. The highest BCUT2D eigenvalue weighted by Gasteiger charge is 2.66. The Hall–Kier alpha value is -12.0. The monoisotopic (exact) mass is 1980 g/mol. The van der Waals surface area contributed by atoms with Crippen LogP contribution in [0.25, 0.3) is 20.9 Å². The van der Waals surface area contributed by atoms with Gasteiger partial charge in [-0.05, 0) is 11.1 Å². The maximum absolute atomic E-state index is 13.9. The molecule has 0 aromatic carbocycles. The topological polar surface area (TPSA) is 726 Å². The summed E-state index contributed by atoms with van der Waals surface area (Å²) in [7, 11) is 0. The fourth-order valence-electron chi connectivity index (χ4n) is 15.8. The van der Waals surface area contributed by atoms with Crippen LogP contribution in [0.4, 0.5) is 0 Å². The SMILES string of the molecule is CC(=O)OCC1O[C@@H]2O[C@@H]3C(COC(C)=O)O[C@H](O[C@@H]4C(CN=[N+]=[N-])O[C@H](O[C@@H]5C(COC(C)=O)O[C@@H](O[C@@H]6C(COC(C)=O)O[C@H](O[C@@H]7C(CN=[N+]=[N-])O[C@@H](O[C@@H]8C(COC(C)=O)O[C@H](O[C@H]1[C@H](OC(C)=O)C2OC(C)=O)C(OC(C)=O)[C@H]8OC(C)=O)C(OC(C)=O)[C@H]7OC(C)=O)C(OC(C)=O)[C@@H]6OC(C)=O)C(OC(C)=O)[C@@H]5OC(C)=O)C(OC(C)=O)[C@H]4OC(C)=O)C(OC(C)=O)[C@H]3OC(C)=O. The van der Waals surface area contributed by atoms with E-state index in [1.807, 2.05) is 0 Å². The summed E-state index contributed by atoms with van der Waals surface area (Å²) in [6.45, 7) is 7.88. The van der Waals surface area contributed by atoms with Crippen LogP contribution in [0.3, 0.4) is 0 Å². The lowest BCUT2D eigenvalue weighted by Crippen LogP contribution is -2.70. The van der Waals surface area contributed by atoms with Gasteiger partial charge < -0.3 is 156 Å². The van der Waals surface area contributed by atoms with E-state index >= 15 is 0 Å². The molecule has 21 aliphatic rings. The molecule has 21 rings (SSSR count). The molecule has 0 aromatic heterocycles. The normalized spacial score (nSPS) is 34.9. The minimum absolute atomic E-state index is 0.792. The number of ether oxygens (including phenoxy) is 33. The van der Waals surface area contributed by atoms with Gasteiger partial charge in [0.2, 0.25) is 0 Å². The van der Waals surface area contributed by atoms with Gasteiger partial charge in [-0.3, -0.25) is 91.1 Å². The molecule has 21 fully saturated rings. The van der Waals surface area contributed by atoms with Gasteiger partial charge in [0, 0.05) is 141 Å². The van der Waals surface area contributed by atoms with Crippen LogP contribution in [-0.4, -0.2) is 374 Å². The van der Waals surface area contributed by atoms with Gasteiger partial charge in [0.05, 0.1) is 25.3 Å². The Kier molecular flexibility index (Phi) is 41.2. The summed E-state index contributed by atoms with van der Waals surface area (Å²) in [5.41, 5.74) is 20.2. The zero-order valence-corrected chi connectivity index (χ0v) is 77.6. The van der Waals surface area contributed by atoms with Crippen LogP contribution in [0, 0.1) is 0 Å². The van der Waals surface area contributed by atoms with E-state index in [-0.39, 0.29) is 0 Å². The second kappa shape index (κ2) is 51.1. The highest BCUT2D eigenvalue weighted by molar-refractivity contribution is 5.73. The van der Waals surface area contributed by atoms with Crippen molar-refractivity contribution in [2.75, 3.05) is 46.1 Å². The molecule has 0 amide bonds. The average Bonchev–Trinajstić information content (AvgIpc) is 0.773. The number of hydrogen-bond acceptors (Lipinski definition) is 54. The van der Waals surface area contributed by atoms with Gasteiger partial charge in [0.25, 0.3) is 0 Å². The molecule has 0 spiro atoms. The summed E-state index contributed by atoms with van der Waals surface area (Å²) in [5, 5.41) is 7.31. The van der Waals surface area contributed by atoms with Gasteiger partial charge in [0.15, 0.2) is 129 Å². The highest BCUT2D eigenvalue weighted by Crippen LogP contribution is 2.45. The van der Waals surface area contributed by atoms with Crippen molar-refractivity contribution in [3.8, 4) is 0 Å². The smallest absolute Gasteiger partial charge is 0.303 e. The molecule has 21 saturated heterocycles. The van der Waals surface area contributed by atoms with Crippen molar-refractivity contribution in [3.05, 3.63) is 20.9 Å². The number of hydrogen-bond donors (Lipinski definition) is 0. The molecule has 0 aliphatic carbocycles. The van der Waals surface area contributed by atoms with Gasteiger partial charge in [-0.1, -0.05) is 10.2 Å². The Labute approximate surface area is 782 Å². The molecule has 0 saturated carbocycles. The van der Waals surface area contributed by atoms with Crippen LogP contribution in [0.5, 0.6) is 0 Å². The molecule has 58 nitrogen and oxygen atoms in total. The molecule has 14 unspecified atom stereocenters. The number of esters is 19. The Bertz CT molecular complexity index is 4380. The molecule has 21 heterocycles. The molecule has 768 valence electrons. The summed E-state index contributed by atoms with van der Waals surface area (Å²) in [5.74, 6) is -23.9. The Morgan fingerprint density at radius 1 is 0.181 bits per heavy atom. The predicted molar refractivity (Wildman–Crippen MR) is 424 cm³/mol. The lowest BCUT2D eigenvalue weighted by atomic mass is 9.94. The number of rotatable bonds is 28. The van der Waals surface area contributed by atoms with Gasteiger partial charge in [-0.15, -0.1) is 0 Å². The van der Waals surface area contributed by atoms with Crippen molar-refractivity contribution in [1.82, 2.24) is 0 Å². The fourth-order valence-corrected chi connectivity index (χ4v) is 15.8. The first kappa shape index (κ1) is 111. The van der Waals surface area contributed by atoms with Gasteiger partial charge in [-0.25, -0.2) is 0 Å². The fraction of sp³-hybridized carbons (Fsp3) is 0.762. The van der Waals surface area contributed by atoms with Crippen molar-refractivity contribution in [1.29, 1.82) is 0 Å². The molecular formula is C80H106N6O52. The van der Waals surface area contributed by atoms with Crippen LogP contribution < -0.4 is 0 Å². The molecule has 138 heavy (non-hydrogen) atoms. The summed E-state index contributed by atoms with van der Waals surface area (Å²) in [6.07, 6.45) is -80.9. The second-order valence-electron chi connectivity index (χ2n) is 31.4. The van der Waals surface area contributed by atoms with E-state index in [4.69, 9.17) is 156 Å². The highest BCUT2D eigenvalue weighted by atomic mass is 16.8. The Morgan fingerprint density at radius 2 is 0.297 bits per heavy atom. The number of azide groups is 2. The van der Waals surface area contributed by atoms with Crippen molar-refractivity contribution in [2.24, 2.45) is 10.2 Å².